The van der Waals surface area contributed by atoms with Crippen LogP contribution in [0.1, 0.15) is 26.3 Å². The topological polar surface area (TPSA) is 17.1 Å². The number of aryl methyl sites for hydroxylation is 1. The molecule has 1 nitrogen and oxygen atoms in total. The van der Waals surface area contributed by atoms with Crippen LogP contribution in [0.4, 0.5) is 0 Å². The summed E-state index contributed by atoms with van der Waals surface area (Å²) >= 11 is 0. The Labute approximate surface area is 82.6 Å². The first kappa shape index (κ1) is 10.5. The van der Waals surface area contributed by atoms with Crippen LogP contribution in [0, 0.1) is 6.92 Å². The molecule has 72 valence electrons. The largest absolute Gasteiger partial charge is 0.254 e. The van der Waals surface area contributed by atoms with Gasteiger partial charge in [-0.15, -0.1) is 0 Å². The number of hydrogen-bond acceptors (Lipinski definition) is 1. The van der Waals surface area contributed by atoms with E-state index in [-0.39, 0.29) is 4.75 Å². The van der Waals surface area contributed by atoms with Crippen molar-refractivity contribution >= 4 is 10.8 Å². The van der Waals surface area contributed by atoms with Crippen LogP contribution < -0.4 is 0 Å². The molecule has 0 heterocycles. The summed E-state index contributed by atoms with van der Waals surface area (Å²) in [6.07, 6.45) is 0. The minimum atomic E-state index is -0.909. The second-order valence-corrected chi connectivity index (χ2v) is 6.43. The van der Waals surface area contributed by atoms with Crippen LogP contribution in [-0.4, -0.2) is 8.96 Å². The molecule has 2 heteroatoms. The van der Waals surface area contributed by atoms with Crippen molar-refractivity contribution in [3.8, 4) is 0 Å². The van der Waals surface area contributed by atoms with Crippen LogP contribution >= 0.6 is 0 Å². The fourth-order valence-electron chi connectivity index (χ4n) is 1.02. The van der Waals surface area contributed by atoms with E-state index >= 15 is 0 Å². The second kappa shape index (κ2) is 3.62. The Balaban J connectivity index is 2.97. The Bertz CT molecular complexity index is 306. The summed E-state index contributed by atoms with van der Waals surface area (Å²) in [6.45, 7) is 8.00. The summed E-state index contributed by atoms with van der Waals surface area (Å²) < 4.78 is 11.7. The predicted molar refractivity (Wildman–Crippen MR) is 57.3 cm³/mol. The maximum atomic E-state index is 11.9. The van der Waals surface area contributed by atoms with Crippen LogP contribution in [-0.2, 0) is 10.8 Å². The number of hydrogen-bond donors (Lipinski definition) is 0. The monoisotopic (exact) mass is 196 g/mol. The summed E-state index contributed by atoms with van der Waals surface area (Å²) in [5.41, 5.74) is 1.20. The van der Waals surface area contributed by atoms with E-state index in [0.29, 0.717) is 0 Å². The highest BCUT2D eigenvalue weighted by atomic mass is 32.2. The lowest BCUT2D eigenvalue weighted by Crippen LogP contribution is -2.21. The van der Waals surface area contributed by atoms with Gasteiger partial charge >= 0.3 is 0 Å². The van der Waals surface area contributed by atoms with Gasteiger partial charge in [-0.05, 0) is 39.8 Å². The molecule has 0 spiro atoms. The maximum Gasteiger partial charge on any atom is 0.0583 e. The highest BCUT2D eigenvalue weighted by Crippen LogP contribution is 2.20. The van der Waals surface area contributed by atoms with E-state index in [1.54, 1.807) is 0 Å². The molecule has 0 unspecified atom stereocenters. The van der Waals surface area contributed by atoms with Crippen LogP contribution in [0.15, 0.2) is 29.2 Å². The average Bonchev–Trinajstić information content (AvgIpc) is 2.03. The summed E-state index contributed by atoms with van der Waals surface area (Å²) in [5, 5.41) is 0. The molecule has 0 saturated carbocycles. The Hall–Kier alpha value is -0.630. The zero-order chi connectivity index (χ0) is 10.1. The molecule has 0 aliphatic carbocycles. The quantitative estimate of drug-likeness (QED) is 0.675. The minimum Gasteiger partial charge on any atom is -0.254 e. The summed E-state index contributed by atoms with van der Waals surface area (Å²) in [5.74, 6) is 0. The smallest absolute Gasteiger partial charge is 0.0583 e. The lowest BCUT2D eigenvalue weighted by Gasteiger charge is -2.17. The molecule has 0 aromatic heterocycles. The van der Waals surface area contributed by atoms with Gasteiger partial charge in [0.25, 0.3) is 0 Å². The maximum absolute atomic E-state index is 11.9. The molecular weight excluding hydrogens is 180 g/mol. The molecule has 0 fully saturated rings. The van der Waals surface area contributed by atoms with Gasteiger partial charge in [0, 0.05) is 9.64 Å². The van der Waals surface area contributed by atoms with Gasteiger partial charge in [-0.25, -0.2) is 0 Å². The van der Waals surface area contributed by atoms with Gasteiger partial charge in [0.15, 0.2) is 0 Å². The van der Waals surface area contributed by atoms with Gasteiger partial charge in [0.05, 0.1) is 10.8 Å². The molecular formula is C11H16OS. The molecule has 0 N–H and O–H groups in total. The molecule has 0 bridgehead atoms. The highest BCUT2D eigenvalue weighted by molar-refractivity contribution is 7.86. The van der Waals surface area contributed by atoms with E-state index in [4.69, 9.17) is 0 Å². The van der Waals surface area contributed by atoms with Gasteiger partial charge in [-0.1, -0.05) is 17.7 Å². The van der Waals surface area contributed by atoms with Crippen molar-refractivity contribution in [3.63, 3.8) is 0 Å². The van der Waals surface area contributed by atoms with Crippen molar-refractivity contribution in [2.45, 2.75) is 37.3 Å². The lowest BCUT2D eigenvalue weighted by atomic mass is 10.2. The van der Waals surface area contributed by atoms with E-state index in [0.717, 1.165) is 4.90 Å². The van der Waals surface area contributed by atoms with Crippen molar-refractivity contribution in [3.05, 3.63) is 29.8 Å². The molecule has 1 aromatic carbocycles. The highest BCUT2D eigenvalue weighted by Gasteiger charge is 2.20. The zero-order valence-corrected chi connectivity index (χ0v) is 9.44. The lowest BCUT2D eigenvalue weighted by molar-refractivity contribution is 0.649. The van der Waals surface area contributed by atoms with Crippen molar-refractivity contribution in [2.75, 3.05) is 0 Å². The fraction of sp³-hybridized carbons (Fsp3) is 0.455. The zero-order valence-electron chi connectivity index (χ0n) is 8.63. The predicted octanol–water partition coefficient (Wildman–Crippen LogP) is 2.90. The fourth-order valence-corrected chi connectivity index (χ4v) is 2.11. The number of benzene rings is 1. The van der Waals surface area contributed by atoms with Crippen LogP contribution in [0.5, 0.6) is 0 Å². The average molecular weight is 196 g/mol. The summed E-state index contributed by atoms with van der Waals surface area (Å²) in [6, 6.07) is 7.88. The molecule has 0 aliphatic rings. The standard InChI is InChI=1S/C11H16OS/c1-9-5-7-10(8-6-9)13(12)11(2,3)4/h5-8H,1-4H3/t13-/m0/s1. The first-order chi connectivity index (χ1) is 5.91. The van der Waals surface area contributed by atoms with E-state index < -0.39 is 10.8 Å². The Kier molecular flexibility index (Phi) is 2.91. The first-order valence-corrected chi connectivity index (χ1v) is 5.55. The van der Waals surface area contributed by atoms with E-state index in [1.165, 1.54) is 5.56 Å². The molecule has 0 amide bonds. The minimum absolute atomic E-state index is 0.171. The van der Waals surface area contributed by atoms with E-state index in [1.807, 2.05) is 52.0 Å². The van der Waals surface area contributed by atoms with Gasteiger partial charge < -0.3 is 0 Å². The molecule has 13 heavy (non-hydrogen) atoms. The van der Waals surface area contributed by atoms with E-state index in [2.05, 4.69) is 0 Å². The van der Waals surface area contributed by atoms with Crippen molar-refractivity contribution in [2.24, 2.45) is 0 Å². The Morgan fingerprint density at radius 3 is 1.92 bits per heavy atom. The molecule has 0 radical (unpaired) electrons. The van der Waals surface area contributed by atoms with Crippen LogP contribution in [0.3, 0.4) is 0 Å². The SMILES string of the molecule is Cc1ccc([S@](=O)C(C)(C)C)cc1. The first-order valence-electron chi connectivity index (χ1n) is 4.40. The van der Waals surface area contributed by atoms with Crippen molar-refractivity contribution < 1.29 is 4.21 Å². The van der Waals surface area contributed by atoms with E-state index in [9.17, 15) is 4.21 Å². The third kappa shape index (κ3) is 2.66. The third-order valence-corrected chi connectivity index (χ3v) is 3.60. The number of rotatable bonds is 1. The van der Waals surface area contributed by atoms with Crippen LogP contribution in [0.25, 0.3) is 0 Å². The summed E-state index contributed by atoms with van der Waals surface area (Å²) in [7, 11) is -0.909. The van der Waals surface area contributed by atoms with Gasteiger partial charge in [0.1, 0.15) is 0 Å². The Morgan fingerprint density at radius 1 is 1.08 bits per heavy atom. The molecule has 0 saturated heterocycles. The molecule has 1 rings (SSSR count). The third-order valence-electron chi connectivity index (χ3n) is 1.79. The molecule has 1 atom stereocenters. The van der Waals surface area contributed by atoms with Crippen molar-refractivity contribution in [1.82, 2.24) is 0 Å². The molecule has 0 aliphatic heterocycles. The van der Waals surface area contributed by atoms with Crippen molar-refractivity contribution in [1.29, 1.82) is 0 Å². The summed E-state index contributed by atoms with van der Waals surface area (Å²) in [4.78, 5) is 0.915. The van der Waals surface area contributed by atoms with Gasteiger partial charge in [0.2, 0.25) is 0 Å². The second-order valence-electron chi connectivity index (χ2n) is 4.19. The molecule has 1 aromatic rings. The van der Waals surface area contributed by atoms with Crippen LogP contribution in [0.2, 0.25) is 0 Å². The van der Waals surface area contributed by atoms with Gasteiger partial charge in [-0.2, -0.15) is 0 Å². The van der Waals surface area contributed by atoms with Gasteiger partial charge in [-0.3, -0.25) is 4.21 Å². The normalized spacial score (nSPS) is 14.2. The Morgan fingerprint density at radius 2 is 1.54 bits per heavy atom.